The van der Waals surface area contributed by atoms with Crippen LogP contribution in [0.25, 0.3) is 0 Å². The lowest BCUT2D eigenvalue weighted by atomic mass is 10.2. The second kappa shape index (κ2) is 6.65. The molecule has 0 aliphatic heterocycles. The van der Waals surface area contributed by atoms with E-state index < -0.39 is 11.6 Å². The van der Waals surface area contributed by atoms with Gasteiger partial charge in [-0.3, -0.25) is 0 Å². The molecule has 0 spiro atoms. The smallest absolute Gasteiger partial charge is 0.146 e. The Balaban J connectivity index is 2.19. The molecule has 106 valence electrons. The van der Waals surface area contributed by atoms with Gasteiger partial charge >= 0.3 is 0 Å². The summed E-state index contributed by atoms with van der Waals surface area (Å²) in [5, 5.41) is 0. The van der Waals surface area contributed by atoms with Crippen molar-refractivity contribution in [2.75, 3.05) is 0 Å². The summed E-state index contributed by atoms with van der Waals surface area (Å²) in [6, 6.07) is 7.83. The normalized spacial score (nSPS) is 10.7. The molecule has 2 aromatic rings. The van der Waals surface area contributed by atoms with Gasteiger partial charge in [-0.15, -0.1) is 0 Å². The Labute approximate surface area is 132 Å². The van der Waals surface area contributed by atoms with Crippen LogP contribution in [-0.2, 0) is 13.2 Å². The molecule has 0 aliphatic rings. The van der Waals surface area contributed by atoms with Gasteiger partial charge in [-0.25, -0.2) is 8.78 Å². The molecule has 20 heavy (non-hydrogen) atoms. The molecule has 0 saturated heterocycles. The maximum absolute atomic E-state index is 13.8. The molecular weight excluding hydrogens is 396 g/mol. The van der Waals surface area contributed by atoms with Crippen LogP contribution in [-0.4, -0.2) is 0 Å². The molecule has 0 fully saturated rings. The van der Waals surface area contributed by atoms with Gasteiger partial charge in [0.15, 0.2) is 0 Å². The van der Waals surface area contributed by atoms with Gasteiger partial charge in [-0.05, 0) is 61.7 Å². The van der Waals surface area contributed by atoms with Crippen LogP contribution < -0.4 is 10.5 Å². The third-order valence-electron chi connectivity index (χ3n) is 2.74. The first-order chi connectivity index (χ1) is 9.52. The summed E-state index contributed by atoms with van der Waals surface area (Å²) >= 11 is 6.36. The monoisotopic (exact) mass is 405 g/mol. The van der Waals surface area contributed by atoms with E-state index in [1.807, 2.05) is 6.07 Å². The molecule has 0 aromatic heterocycles. The van der Waals surface area contributed by atoms with Crippen LogP contribution in [0.4, 0.5) is 8.78 Å². The van der Waals surface area contributed by atoms with E-state index in [1.165, 1.54) is 12.1 Å². The molecule has 0 bridgehead atoms. The molecule has 0 unspecified atom stereocenters. The van der Waals surface area contributed by atoms with Gasteiger partial charge in [-0.2, -0.15) is 0 Å². The van der Waals surface area contributed by atoms with Crippen molar-refractivity contribution in [3.8, 4) is 5.75 Å². The van der Waals surface area contributed by atoms with Crippen LogP contribution in [0, 0.1) is 11.6 Å². The largest absolute Gasteiger partial charge is 0.488 e. The van der Waals surface area contributed by atoms with E-state index in [9.17, 15) is 8.78 Å². The van der Waals surface area contributed by atoms with E-state index in [-0.39, 0.29) is 16.6 Å². The minimum atomic E-state index is -0.653. The number of benzene rings is 2. The van der Waals surface area contributed by atoms with E-state index in [0.717, 1.165) is 5.56 Å². The van der Waals surface area contributed by atoms with Crippen LogP contribution in [0.5, 0.6) is 5.75 Å². The Kier molecular flexibility index (Phi) is 5.12. The molecular formula is C14H11Br2F2NO. The molecule has 2 aromatic carbocycles. The van der Waals surface area contributed by atoms with Crippen LogP contribution in [0.3, 0.4) is 0 Å². The summed E-state index contributed by atoms with van der Waals surface area (Å²) in [7, 11) is 0. The predicted octanol–water partition coefficient (Wildman–Crippen LogP) is 4.53. The number of ether oxygens (including phenoxy) is 1. The zero-order chi connectivity index (χ0) is 14.7. The zero-order valence-electron chi connectivity index (χ0n) is 10.3. The highest BCUT2D eigenvalue weighted by Gasteiger charge is 2.13. The first kappa shape index (κ1) is 15.4. The van der Waals surface area contributed by atoms with Gasteiger partial charge in [-0.1, -0.05) is 6.07 Å². The van der Waals surface area contributed by atoms with Crippen molar-refractivity contribution in [1.29, 1.82) is 0 Å². The third kappa shape index (κ3) is 3.37. The average molecular weight is 407 g/mol. The fourth-order valence-electron chi connectivity index (χ4n) is 1.64. The minimum Gasteiger partial charge on any atom is -0.488 e. The van der Waals surface area contributed by atoms with Crippen LogP contribution >= 0.6 is 31.9 Å². The van der Waals surface area contributed by atoms with E-state index in [0.29, 0.717) is 16.8 Å². The Morgan fingerprint density at radius 1 is 1.05 bits per heavy atom. The molecule has 6 heteroatoms. The van der Waals surface area contributed by atoms with Crippen molar-refractivity contribution in [1.82, 2.24) is 0 Å². The van der Waals surface area contributed by atoms with Crippen molar-refractivity contribution in [3.63, 3.8) is 0 Å². The maximum atomic E-state index is 13.8. The Bertz CT molecular complexity index is 635. The highest BCUT2D eigenvalue weighted by Crippen LogP contribution is 2.28. The lowest BCUT2D eigenvalue weighted by Crippen LogP contribution is -2.03. The number of halogens is 4. The summed E-state index contributed by atoms with van der Waals surface area (Å²) < 4.78 is 33.7. The molecule has 0 saturated carbocycles. The fourth-order valence-corrected chi connectivity index (χ4v) is 2.55. The quantitative estimate of drug-likeness (QED) is 0.757. The molecule has 2 N–H and O–H groups in total. The summed E-state index contributed by atoms with van der Waals surface area (Å²) in [6.07, 6.45) is 0. The number of hydrogen-bond donors (Lipinski definition) is 1. The Morgan fingerprint density at radius 3 is 2.45 bits per heavy atom. The van der Waals surface area contributed by atoms with Gasteiger partial charge in [0.05, 0.1) is 14.5 Å². The lowest BCUT2D eigenvalue weighted by molar-refractivity contribution is 0.290. The standard InChI is InChI=1S/C14H11Br2F2NO/c15-10-2-3-12(17)9(14(10)18)7-20-13-4-1-8(6-19)5-11(13)16/h1-5H,6-7,19H2. The zero-order valence-corrected chi connectivity index (χ0v) is 13.5. The van der Waals surface area contributed by atoms with Gasteiger partial charge in [0.25, 0.3) is 0 Å². The van der Waals surface area contributed by atoms with E-state index >= 15 is 0 Å². The lowest BCUT2D eigenvalue weighted by Gasteiger charge is -2.11. The highest BCUT2D eigenvalue weighted by molar-refractivity contribution is 9.10. The van der Waals surface area contributed by atoms with Gasteiger partial charge in [0.1, 0.15) is 24.0 Å². The molecule has 0 radical (unpaired) electrons. The third-order valence-corrected chi connectivity index (χ3v) is 3.98. The number of rotatable bonds is 4. The van der Waals surface area contributed by atoms with Crippen molar-refractivity contribution in [2.24, 2.45) is 5.73 Å². The van der Waals surface area contributed by atoms with E-state index in [4.69, 9.17) is 10.5 Å². The topological polar surface area (TPSA) is 35.2 Å². The van der Waals surface area contributed by atoms with Crippen molar-refractivity contribution in [2.45, 2.75) is 13.2 Å². The van der Waals surface area contributed by atoms with Crippen molar-refractivity contribution < 1.29 is 13.5 Å². The van der Waals surface area contributed by atoms with Gasteiger partial charge in [0.2, 0.25) is 0 Å². The number of nitrogens with two attached hydrogens (primary N) is 1. The first-order valence-corrected chi connectivity index (χ1v) is 7.35. The van der Waals surface area contributed by atoms with Crippen LogP contribution in [0.1, 0.15) is 11.1 Å². The fraction of sp³-hybridized carbons (Fsp3) is 0.143. The Morgan fingerprint density at radius 2 is 1.80 bits per heavy atom. The molecule has 2 nitrogen and oxygen atoms in total. The second-order valence-electron chi connectivity index (χ2n) is 4.08. The van der Waals surface area contributed by atoms with E-state index in [2.05, 4.69) is 31.9 Å². The minimum absolute atomic E-state index is 0.117. The number of hydrogen-bond acceptors (Lipinski definition) is 2. The highest BCUT2D eigenvalue weighted by atomic mass is 79.9. The SMILES string of the molecule is NCc1ccc(OCc2c(F)ccc(Br)c2F)c(Br)c1. The first-order valence-electron chi connectivity index (χ1n) is 5.76. The molecule has 0 atom stereocenters. The Hall–Kier alpha value is -0.980. The van der Waals surface area contributed by atoms with Gasteiger partial charge in [0, 0.05) is 6.54 Å². The van der Waals surface area contributed by atoms with Crippen molar-refractivity contribution in [3.05, 3.63) is 62.0 Å². The predicted molar refractivity (Wildman–Crippen MR) is 80.4 cm³/mol. The molecule has 0 heterocycles. The summed E-state index contributed by atoms with van der Waals surface area (Å²) in [5.74, 6) is -0.791. The van der Waals surface area contributed by atoms with E-state index in [1.54, 1.807) is 12.1 Å². The molecule has 2 rings (SSSR count). The molecule has 0 aliphatic carbocycles. The summed E-state index contributed by atoms with van der Waals surface area (Å²) in [6.45, 7) is 0.214. The maximum Gasteiger partial charge on any atom is 0.146 e. The van der Waals surface area contributed by atoms with Crippen LogP contribution in [0.15, 0.2) is 39.3 Å². The van der Waals surface area contributed by atoms with Crippen molar-refractivity contribution >= 4 is 31.9 Å². The summed E-state index contributed by atoms with van der Waals surface area (Å²) in [5.41, 5.74) is 6.34. The average Bonchev–Trinajstić information content (AvgIpc) is 2.44. The second-order valence-corrected chi connectivity index (χ2v) is 5.79. The summed E-state index contributed by atoms with van der Waals surface area (Å²) in [4.78, 5) is 0. The molecule has 0 amide bonds. The van der Waals surface area contributed by atoms with Crippen LogP contribution in [0.2, 0.25) is 0 Å². The van der Waals surface area contributed by atoms with Gasteiger partial charge < -0.3 is 10.5 Å².